The highest BCUT2D eigenvalue weighted by atomic mass is 32.2. The number of nitrogens with one attached hydrogen (secondary N) is 1. The molecule has 4 rings (SSSR count). The van der Waals surface area contributed by atoms with Crippen LogP contribution >= 0.6 is 11.8 Å². The fourth-order valence-electron chi connectivity index (χ4n) is 3.46. The van der Waals surface area contributed by atoms with Crippen LogP contribution in [0.1, 0.15) is 43.1 Å². The Hall–Kier alpha value is -1.44. The summed E-state index contributed by atoms with van der Waals surface area (Å²) in [5.41, 5.74) is 1.08. The number of rotatable bonds is 6. The second-order valence-electron chi connectivity index (χ2n) is 6.65. The van der Waals surface area contributed by atoms with Gasteiger partial charge < -0.3 is 14.6 Å². The standard InChI is InChI=1S/C18H23FN4OS/c19-14-7-5-13(6-8-14)12-25-18-22-21-17(16-4-1-9-20-16)23(18)11-15-3-2-10-24-15/h5-8,15-16,20H,1-4,9-12H2. The van der Waals surface area contributed by atoms with Gasteiger partial charge in [0.25, 0.3) is 0 Å². The number of thioether (sulfide) groups is 1. The average molecular weight is 362 g/mol. The van der Waals surface area contributed by atoms with Gasteiger partial charge in [-0.15, -0.1) is 10.2 Å². The van der Waals surface area contributed by atoms with Gasteiger partial charge in [0.05, 0.1) is 18.7 Å². The van der Waals surface area contributed by atoms with Crippen LogP contribution in [0.2, 0.25) is 0 Å². The largest absolute Gasteiger partial charge is 0.376 e. The van der Waals surface area contributed by atoms with E-state index in [2.05, 4.69) is 20.1 Å². The normalized spacial score (nSPS) is 23.4. The van der Waals surface area contributed by atoms with Crippen molar-refractivity contribution in [2.24, 2.45) is 0 Å². The predicted octanol–water partition coefficient (Wildman–Crippen LogP) is 3.31. The number of nitrogens with zero attached hydrogens (tertiary/aromatic N) is 3. The van der Waals surface area contributed by atoms with Crippen LogP contribution in [0.3, 0.4) is 0 Å². The van der Waals surface area contributed by atoms with Crippen molar-refractivity contribution < 1.29 is 9.13 Å². The van der Waals surface area contributed by atoms with Crippen molar-refractivity contribution in [3.63, 3.8) is 0 Å². The van der Waals surface area contributed by atoms with Gasteiger partial charge in [-0.1, -0.05) is 23.9 Å². The van der Waals surface area contributed by atoms with Gasteiger partial charge in [-0.3, -0.25) is 0 Å². The molecule has 2 saturated heterocycles. The SMILES string of the molecule is Fc1ccc(CSc2nnc(C3CCCN3)n2CC2CCCO2)cc1. The van der Waals surface area contributed by atoms with E-state index in [0.29, 0.717) is 0 Å². The Morgan fingerprint density at radius 2 is 2.08 bits per heavy atom. The minimum Gasteiger partial charge on any atom is -0.376 e. The van der Waals surface area contributed by atoms with E-state index in [9.17, 15) is 4.39 Å². The van der Waals surface area contributed by atoms with Gasteiger partial charge in [-0.25, -0.2) is 4.39 Å². The van der Waals surface area contributed by atoms with Crippen molar-refractivity contribution in [3.8, 4) is 0 Å². The minimum absolute atomic E-state index is 0.204. The first kappa shape index (κ1) is 17.0. The summed E-state index contributed by atoms with van der Waals surface area (Å²) in [6.45, 7) is 2.70. The summed E-state index contributed by atoms with van der Waals surface area (Å²) < 4.78 is 21.1. The lowest BCUT2D eigenvalue weighted by Crippen LogP contribution is -2.23. The Bertz CT molecular complexity index is 694. The van der Waals surface area contributed by atoms with Crippen LogP contribution in [0, 0.1) is 5.82 Å². The van der Waals surface area contributed by atoms with Crippen molar-refractivity contribution in [2.75, 3.05) is 13.2 Å². The Morgan fingerprint density at radius 3 is 2.80 bits per heavy atom. The number of hydrogen-bond donors (Lipinski definition) is 1. The predicted molar refractivity (Wildman–Crippen MR) is 94.9 cm³/mol. The van der Waals surface area contributed by atoms with Crippen molar-refractivity contribution in [1.82, 2.24) is 20.1 Å². The zero-order valence-electron chi connectivity index (χ0n) is 14.2. The third-order valence-electron chi connectivity index (χ3n) is 4.81. The average Bonchev–Trinajstić information content (AvgIpc) is 3.37. The van der Waals surface area contributed by atoms with Crippen LogP contribution in [-0.4, -0.2) is 34.0 Å². The third-order valence-corrected chi connectivity index (χ3v) is 5.85. The molecule has 3 heterocycles. The smallest absolute Gasteiger partial charge is 0.191 e. The molecule has 5 nitrogen and oxygen atoms in total. The molecule has 2 aliphatic heterocycles. The van der Waals surface area contributed by atoms with Crippen LogP contribution in [0.5, 0.6) is 0 Å². The van der Waals surface area contributed by atoms with E-state index >= 15 is 0 Å². The van der Waals surface area contributed by atoms with Gasteiger partial charge in [0.15, 0.2) is 11.0 Å². The summed E-state index contributed by atoms with van der Waals surface area (Å²) in [6, 6.07) is 6.93. The Balaban J connectivity index is 1.51. The summed E-state index contributed by atoms with van der Waals surface area (Å²) in [6.07, 6.45) is 4.75. The first-order valence-electron chi connectivity index (χ1n) is 8.95. The molecule has 0 amide bonds. The molecule has 1 N–H and O–H groups in total. The van der Waals surface area contributed by atoms with Gasteiger partial charge in [-0.2, -0.15) is 0 Å². The highest BCUT2D eigenvalue weighted by Crippen LogP contribution is 2.29. The molecule has 25 heavy (non-hydrogen) atoms. The molecule has 0 saturated carbocycles. The molecule has 0 spiro atoms. The van der Waals surface area contributed by atoms with Crippen LogP contribution in [0.15, 0.2) is 29.4 Å². The molecule has 2 fully saturated rings. The van der Waals surface area contributed by atoms with Crippen LogP contribution in [-0.2, 0) is 17.0 Å². The maximum atomic E-state index is 13.1. The summed E-state index contributed by atoms with van der Waals surface area (Å²) in [7, 11) is 0. The molecular formula is C18H23FN4OS. The third kappa shape index (κ3) is 4.04. The van der Waals surface area contributed by atoms with E-state index in [1.807, 2.05) is 12.1 Å². The van der Waals surface area contributed by atoms with Gasteiger partial charge in [0.2, 0.25) is 0 Å². The molecule has 0 aliphatic carbocycles. The zero-order valence-corrected chi connectivity index (χ0v) is 15.0. The van der Waals surface area contributed by atoms with Crippen molar-refractivity contribution in [1.29, 1.82) is 0 Å². The van der Waals surface area contributed by atoms with E-state index in [-0.39, 0.29) is 18.0 Å². The maximum Gasteiger partial charge on any atom is 0.191 e. The molecule has 0 radical (unpaired) electrons. The molecular weight excluding hydrogens is 339 g/mol. The molecule has 0 bridgehead atoms. The summed E-state index contributed by atoms with van der Waals surface area (Å²) in [5, 5.41) is 13.4. The molecule has 7 heteroatoms. The lowest BCUT2D eigenvalue weighted by Gasteiger charge is -2.17. The Kier molecular flexibility index (Phi) is 5.33. The number of aromatic nitrogens is 3. The number of benzene rings is 1. The molecule has 2 aromatic rings. The molecule has 134 valence electrons. The zero-order chi connectivity index (χ0) is 17.1. The van der Waals surface area contributed by atoms with E-state index < -0.39 is 0 Å². The van der Waals surface area contributed by atoms with Gasteiger partial charge in [-0.05, 0) is 49.9 Å². The minimum atomic E-state index is -0.204. The summed E-state index contributed by atoms with van der Waals surface area (Å²) >= 11 is 1.65. The highest BCUT2D eigenvalue weighted by molar-refractivity contribution is 7.98. The number of hydrogen-bond acceptors (Lipinski definition) is 5. The van der Waals surface area contributed by atoms with Crippen LogP contribution in [0.25, 0.3) is 0 Å². The fraction of sp³-hybridized carbons (Fsp3) is 0.556. The Labute approximate surface area is 151 Å². The first-order chi connectivity index (χ1) is 12.3. The van der Waals surface area contributed by atoms with Crippen LogP contribution < -0.4 is 5.32 Å². The lowest BCUT2D eigenvalue weighted by atomic mass is 10.2. The van der Waals surface area contributed by atoms with Crippen LogP contribution in [0.4, 0.5) is 4.39 Å². The van der Waals surface area contributed by atoms with Crippen molar-refractivity contribution in [2.45, 2.75) is 55.3 Å². The fourth-order valence-corrected chi connectivity index (χ4v) is 4.37. The quantitative estimate of drug-likeness (QED) is 0.799. The van der Waals surface area contributed by atoms with Gasteiger partial charge in [0, 0.05) is 12.4 Å². The highest BCUT2D eigenvalue weighted by Gasteiger charge is 2.27. The molecule has 2 aliphatic rings. The monoisotopic (exact) mass is 362 g/mol. The second kappa shape index (κ2) is 7.85. The van der Waals surface area contributed by atoms with E-state index in [1.54, 1.807) is 11.8 Å². The molecule has 1 aromatic carbocycles. The van der Waals surface area contributed by atoms with Gasteiger partial charge >= 0.3 is 0 Å². The maximum absolute atomic E-state index is 13.1. The van der Waals surface area contributed by atoms with Crippen molar-refractivity contribution >= 4 is 11.8 Å². The van der Waals surface area contributed by atoms with E-state index in [4.69, 9.17) is 4.74 Å². The lowest BCUT2D eigenvalue weighted by molar-refractivity contribution is 0.0937. The number of ether oxygens (including phenoxy) is 1. The summed E-state index contributed by atoms with van der Waals surface area (Å²) in [4.78, 5) is 0. The molecule has 2 unspecified atom stereocenters. The molecule has 1 aromatic heterocycles. The van der Waals surface area contributed by atoms with Crippen molar-refractivity contribution in [3.05, 3.63) is 41.5 Å². The van der Waals surface area contributed by atoms with E-state index in [0.717, 1.165) is 61.3 Å². The Morgan fingerprint density at radius 1 is 1.20 bits per heavy atom. The second-order valence-corrected chi connectivity index (χ2v) is 7.59. The van der Waals surface area contributed by atoms with E-state index in [1.165, 1.54) is 18.6 Å². The summed E-state index contributed by atoms with van der Waals surface area (Å²) in [5.74, 6) is 1.57. The first-order valence-corrected chi connectivity index (χ1v) is 9.93. The topological polar surface area (TPSA) is 52.0 Å². The van der Waals surface area contributed by atoms with Gasteiger partial charge in [0.1, 0.15) is 5.82 Å². The molecule has 2 atom stereocenters. The number of halogens is 1.